The highest BCUT2D eigenvalue weighted by Crippen LogP contribution is 2.08. The Balaban J connectivity index is 4.65. The maximum Gasteiger partial charge on any atom is 0.324 e. The zero-order valence-electron chi connectivity index (χ0n) is 10.3. The summed E-state index contributed by atoms with van der Waals surface area (Å²) in [6.45, 7) is -0.893. The van der Waals surface area contributed by atoms with Crippen molar-refractivity contribution in [1.82, 2.24) is 0 Å². The summed E-state index contributed by atoms with van der Waals surface area (Å²) < 4.78 is 4.44. The van der Waals surface area contributed by atoms with Crippen LogP contribution >= 0.6 is 0 Å². The van der Waals surface area contributed by atoms with Gasteiger partial charge in [0.25, 0.3) is 0 Å². The highest BCUT2D eigenvalue weighted by Gasteiger charge is 2.34. The minimum absolute atomic E-state index is 0.0244. The Bertz CT molecular complexity index is 348. The zero-order chi connectivity index (χ0) is 15.9. The van der Waals surface area contributed by atoms with E-state index in [1.165, 1.54) is 0 Å². The Hall–Kier alpha value is -1.59. The molecule has 7 N–H and O–H groups in total. The second kappa shape index (κ2) is 8.55. The molecule has 0 bridgehead atoms. The number of rotatable bonds is 9. The van der Waals surface area contributed by atoms with Gasteiger partial charge < -0.3 is 36.0 Å². The van der Waals surface area contributed by atoms with Crippen LogP contribution < -0.4 is 5.73 Å². The lowest BCUT2D eigenvalue weighted by Gasteiger charge is -2.26. The van der Waals surface area contributed by atoms with Crippen LogP contribution in [-0.4, -0.2) is 80.8 Å². The molecule has 10 heteroatoms. The molecule has 10 nitrogen and oxygen atoms in total. The molecular formula is C10H17NO9. The predicted octanol–water partition coefficient (Wildman–Crippen LogP) is -4.03. The van der Waals surface area contributed by atoms with Gasteiger partial charge in [0.05, 0.1) is 13.0 Å². The third-order valence-electron chi connectivity index (χ3n) is 2.35. The number of aliphatic carboxylic acids is 1. The highest BCUT2D eigenvalue weighted by molar-refractivity contribution is 5.82. The molecule has 5 atom stereocenters. The van der Waals surface area contributed by atoms with Gasteiger partial charge in [0.2, 0.25) is 0 Å². The van der Waals surface area contributed by atoms with Gasteiger partial charge in [-0.2, -0.15) is 0 Å². The number of carboxylic acid groups (broad SMARTS) is 1. The molecule has 0 fully saturated rings. The van der Waals surface area contributed by atoms with E-state index in [0.717, 1.165) is 0 Å². The number of carbonyl (C=O) groups excluding carboxylic acids is 2. The van der Waals surface area contributed by atoms with Gasteiger partial charge in [0, 0.05) is 0 Å². The van der Waals surface area contributed by atoms with Crippen LogP contribution in [0.5, 0.6) is 0 Å². The molecule has 0 spiro atoms. The second-order valence-corrected chi connectivity index (χ2v) is 3.97. The summed E-state index contributed by atoms with van der Waals surface area (Å²) in [5.41, 5.74) is 5.18. The fourth-order valence-corrected chi connectivity index (χ4v) is 1.20. The number of aldehydes is 1. The SMILES string of the molecule is N[C@@H](CC(=O)O)C(=O)O[C@@H](C=O)[C@@H](O)[C@H](O)[C@H](O)CO. The predicted molar refractivity (Wildman–Crippen MR) is 61.3 cm³/mol. The average molecular weight is 295 g/mol. The normalized spacial score (nSPS) is 18.4. The molecule has 0 radical (unpaired) electrons. The molecule has 0 aromatic rings. The van der Waals surface area contributed by atoms with Gasteiger partial charge in [0.1, 0.15) is 24.4 Å². The van der Waals surface area contributed by atoms with Gasteiger partial charge in [0.15, 0.2) is 12.4 Å². The first-order valence-corrected chi connectivity index (χ1v) is 5.52. The monoisotopic (exact) mass is 295 g/mol. The molecule has 0 aromatic carbocycles. The van der Waals surface area contributed by atoms with Crippen LogP contribution in [0.2, 0.25) is 0 Å². The number of aliphatic hydroxyl groups is 4. The third kappa shape index (κ3) is 5.59. The summed E-state index contributed by atoms with van der Waals surface area (Å²) in [6, 6.07) is -1.55. The number of aliphatic hydroxyl groups excluding tert-OH is 4. The van der Waals surface area contributed by atoms with Crippen molar-refractivity contribution < 1.29 is 44.7 Å². The van der Waals surface area contributed by atoms with Crippen molar-refractivity contribution in [2.24, 2.45) is 5.73 Å². The van der Waals surface area contributed by atoms with Crippen LogP contribution in [-0.2, 0) is 19.1 Å². The minimum Gasteiger partial charge on any atom is -0.481 e. The van der Waals surface area contributed by atoms with Gasteiger partial charge in [-0.3, -0.25) is 14.4 Å². The first-order chi connectivity index (χ1) is 9.24. The maximum absolute atomic E-state index is 11.3. The lowest BCUT2D eigenvalue weighted by molar-refractivity contribution is -0.170. The summed E-state index contributed by atoms with van der Waals surface area (Å²) >= 11 is 0. The molecule has 0 aromatic heterocycles. The molecule has 0 unspecified atom stereocenters. The quantitative estimate of drug-likeness (QED) is 0.180. The molecule has 0 aliphatic heterocycles. The number of nitrogens with two attached hydrogens (primary N) is 1. The third-order valence-corrected chi connectivity index (χ3v) is 2.35. The zero-order valence-corrected chi connectivity index (χ0v) is 10.3. The number of hydrogen-bond acceptors (Lipinski definition) is 9. The summed E-state index contributed by atoms with van der Waals surface area (Å²) in [5, 5.41) is 44.9. The first-order valence-electron chi connectivity index (χ1n) is 5.52. The van der Waals surface area contributed by atoms with Crippen molar-refractivity contribution in [3.8, 4) is 0 Å². The van der Waals surface area contributed by atoms with Gasteiger partial charge in [-0.05, 0) is 0 Å². The van der Waals surface area contributed by atoms with Crippen molar-refractivity contribution in [2.75, 3.05) is 6.61 Å². The molecule has 0 amide bonds. The second-order valence-electron chi connectivity index (χ2n) is 3.97. The Morgan fingerprint density at radius 1 is 1.20 bits per heavy atom. The molecule has 0 aliphatic carbocycles. The standard InChI is InChI=1S/C10H17NO9/c11-4(1-7(15)16)10(19)20-6(3-13)9(18)8(17)5(14)2-12/h3-6,8-9,12,14,17-18H,1-2,11H2,(H,15,16)/t4-,5+,6-,8+,9+/m0/s1. The molecular weight excluding hydrogens is 278 g/mol. The maximum atomic E-state index is 11.3. The number of hydrogen-bond donors (Lipinski definition) is 6. The lowest BCUT2D eigenvalue weighted by atomic mass is 10.0. The van der Waals surface area contributed by atoms with E-state index in [1.54, 1.807) is 0 Å². The molecule has 116 valence electrons. The smallest absolute Gasteiger partial charge is 0.324 e. The van der Waals surface area contributed by atoms with Crippen molar-refractivity contribution in [3.05, 3.63) is 0 Å². The number of esters is 1. The van der Waals surface area contributed by atoms with Crippen molar-refractivity contribution in [2.45, 2.75) is 36.9 Å². The van der Waals surface area contributed by atoms with Crippen molar-refractivity contribution in [1.29, 1.82) is 0 Å². The average Bonchev–Trinajstić information content (AvgIpc) is 2.40. The van der Waals surface area contributed by atoms with Crippen molar-refractivity contribution in [3.63, 3.8) is 0 Å². The Kier molecular flexibility index (Phi) is 7.87. The van der Waals surface area contributed by atoms with Crippen LogP contribution in [0.4, 0.5) is 0 Å². The highest BCUT2D eigenvalue weighted by atomic mass is 16.6. The summed E-state index contributed by atoms with van der Waals surface area (Å²) in [5.74, 6) is -2.64. The largest absolute Gasteiger partial charge is 0.481 e. The molecule has 0 saturated carbocycles. The van der Waals surface area contributed by atoms with E-state index in [0.29, 0.717) is 0 Å². The van der Waals surface area contributed by atoms with Crippen LogP contribution in [0.25, 0.3) is 0 Å². The Morgan fingerprint density at radius 2 is 1.75 bits per heavy atom. The molecule has 20 heavy (non-hydrogen) atoms. The van der Waals surface area contributed by atoms with E-state index in [4.69, 9.17) is 21.1 Å². The number of carbonyl (C=O) groups is 3. The van der Waals surface area contributed by atoms with Crippen LogP contribution in [0.1, 0.15) is 6.42 Å². The fourth-order valence-electron chi connectivity index (χ4n) is 1.20. The minimum atomic E-state index is -2.00. The summed E-state index contributed by atoms with van der Waals surface area (Å²) in [4.78, 5) is 32.4. The van der Waals surface area contributed by atoms with Gasteiger partial charge in [-0.1, -0.05) is 0 Å². The summed E-state index contributed by atoms with van der Waals surface area (Å²) in [7, 11) is 0. The Morgan fingerprint density at radius 3 is 2.15 bits per heavy atom. The Labute approximate surface area is 113 Å². The van der Waals surface area contributed by atoms with Gasteiger partial charge >= 0.3 is 11.9 Å². The number of ether oxygens (including phenoxy) is 1. The van der Waals surface area contributed by atoms with Crippen LogP contribution in [0, 0.1) is 0 Å². The summed E-state index contributed by atoms with van der Waals surface area (Å²) in [6.07, 6.45) is -8.34. The van der Waals surface area contributed by atoms with Gasteiger partial charge in [-0.15, -0.1) is 0 Å². The van der Waals surface area contributed by atoms with E-state index >= 15 is 0 Å². The van der Waals surface area contributed by atoms with E-state index in [2.05, 4.69) is 4.74 Å². The van der Waals surface area contributed by atoms with E-state index in [1.807, 2.05) is 0 Å². The van der Waals surface area contributed by atoms with E-state index in [9.17, 15) is 24.6 Å². The fraction of sp³-hybridized carbons (Fsp3) is 0.700. The van der Waals surface area contributed by atoms with E-state index in [-0.39, 0.29) is 6.29 Å². The lowest BCUT2D eigenvalue weighted by Crippen LogP contribution is -2.49. The molecule has 0 saturated heterocycles. The molecule has 0 rings (SSSR count). The van der Waals surface area contributed by atoms with E-state index < -0.39 is 55.4 Å². The van der Waals surface area contributed by atoms with Crippen molar-refractivity contribution >= 4 is 18.2 Å². The number of carboxylic acids is 1. The molecule has 0 aliphatic rings. The van der Waals surface area contributed by atoms with Crippen LogP contribution in [0.15, 0.2) is 0 Å². The first kappa shape index (κ1) is 18.4. The topological polar surface area (TPSA) is 188 Å². The molecule has 0 heterocycles. The van der Waals surface area contributed by atoms with Crippen LogP contribution in [0.3, 0.4) is 0 Å². The van der Waals surface area contributed by atoms with Gasteiger partial charge in [-0.25, -0.2) is 0 Å².